The number of nitrogens with zero attached hydrogens (tertiary/aromatic N) is 4. The van der Waals surface area contributed by atoms with E-state index in [1.54, 1.807) is 0 Å². The molecule has 5 nitrogen and oxygen atoms in total. The second-order valence-electron chi connectivity index (χ2n) is 7.98. The molecule has 0 amide bonds. The number of thioether (sulfide) groups is 1. The Morgan fingerprint density at radius 1 is 1.03 bits per heavy atom. The van der Waals surface area contributed by atoms with Crippen LogP contribution in [0.5, 0.6) is 0 Å². The summed E-state index contributed by atoms with van der Waals surface area (Å²) in [5.74, 6) is 1.04. The van der Waals surface area contributed by atoms with E-state index in [1.165, 1.54) is 30.2 Å². The van der Waals surface area contributed by atoms with Gasteiger partial charge in [-0.1, -0.05) is 42.1 Å². The third kappa shape index (κ3) is 4.50. The number of likely N-dealkylation sites (tertiary alicyclic amines) is 1. The van der Waals surface area contributed by atoms with Gasteiger partial charge in [-0.3, -0.25) is 14.3 Å². The van der Waals surface area contributed by atoms with Gasteiger partial charge in [0.1, 0.15) is 0 Å². The summed E-state index contributed by atoms with van der Waals surface area (Å²) in [7, 11) is 0. The molecular weight excluding hydrogens is 392 g/mol. The first-order valence-corrected chi connectivity index (χ1v) is 11.4. The van der Waals surface area contributed by atoms with Gasteiger partial charge >= 0.3 is 0 Å². The summed E-state index contributed by atoms with van der Waals surface area (Å²) in [6, 6.07) is 16.1. The van der Waals surface area contributed by atoms with Gasteiger partial charge in [0.2, 0.25) is 0 Å². The van der Waals surface area contributed by atoms with Gasteiger partial charge in [-0.2, -0.15) is 0 Å². The van der Waals surface area contributed by atoms with Crippen LogP contribution in [0.1, 0.15) is 47.1 Å². The number of carbonyl (C=O) groups is 1. The van der Waals surface area contributed by atoms with Gasteiger partial charge in [0, 0.05) is 11.3 Å². The molecule has 156 valence electrons. The van der Waals surface area contributed by atoms with Crippen molar-refractivity contribution < 1.29 is 4.79 Å². The fraction of sp³-hybridized carbons (Fsp3) is 0.375. The predicted molar refractivity (Wildman–Crippen MR) is 121 cm³/mol. The minimum absolute atomic E-state index is 0.117. The minimum atomic E-state index is -0.251. The molecule has 1 aromatic heterocycles. The second-order valence-corrected chi connectivity index (χ2v) is 9.28. The van der Waals surface area contributed by atoms with Crippen LogP contribution in [0.25, 0.3) is 5.69 Å². The van der Waals surface area contributed by atoms with Gasteiger partial charge in [0.05, 0.1) is 11.8 Å². The van der Waals surface area contributed by atoms with E-state index in [0.29, 0.717) is 0 Å². The summed E-state index contributed by atoms with van der Waals surface area (Å²) in [5, 5.41) is 9.50. The van der Waals surface area contributed by atoms with Crippen LogP contribution in [-0.4, -0.2) is 43.8 Å². The van der Waals surface area contributed by atoms with Crippen LogP contribution in [0.2, 0.25) is 0 Å². The molecule has 0 spiro atoms. The number of Topliss-reactive ketones (excluding diaryl/α,β-unsaturated/α-hetero) is 1. The highest BCUT2D eigenvalue weighted by molar-refractivity contribution is 8.00. The Kier molecular flexibility index (Phi) is 6.35. The number of hydrogen-bond acceptors (Lipinski definition) is 5. The monoisotopic (exact) mass is 420 g/mol. The number of rotatable bonds is 7. The van der Waals surface area contributed by atoms with E-state index < -0.39 is 0 Å². The largest absolute Gasteiger partial charge is 0.296 e. The summed E-state index contributed by atoms with van der Waals surface area (Å²) in [4.78, 5) is 15.5. The lowest BCUT2D eigenvalue weighted by Crippen LogP contribution is -2.21. The van der Waals surface area contributed by atoms with Gasteiger partial charge in [0.25, 0.3) is 0 Å². The molecule has 1 saturated heterocycles. The maximum atomic E-state index is 13.1. The molecule has 3 aromatic rings. The maximum Gasteiger partial charge on any atom is 0.196 e. The first-order chi connectivity index (χ1) is 14.5. The SMILES string of the molecule is Cc1ccc(C(=O)C(C)Sc2nnc(CN3CCCC3)n2-c2ccccc2)cc1C. The third-order valence-electron chi connectivity index (χ3n) is 5.72. The lowest BCUT2D eigenvalue weighted by molar-refractivity contribution is 0.0993. The zero-order chi connectivity index (χ0) is 21.1. The molecule has 4 rings (SSSR count). The summed E-state index contributed by atoms with van der Waals surface area (Å²) in [5.41, 5.74) is 4.12. The summed E-state index contributed by atoms with van der Waals surface area (Å²) in [6.07, 6.45) is 2.48. The maximum absolute atomic E-state index is 13.1. The van der Waals surface area contributed by atoms with Crippen LogP contribution in [0.4, 0.5) is 0 Å². The molecule has 0 N–H and O–H groups in total. The molecule has 1 unspecified atom stereocenters. The van der Waals surface area contributed by atoms with Crippen molar-refractivity contribution in [2.24, 2.45) is 0 Å². The second kappa shape index (κ2) is 9.14. The fourth-order valence-electron chi connectivity index (χ4n) is 3.80. The highest BCUT2D eigenvalue weighted by Gasteiger charge is 2.24. The number of carbonyl (C=O) groups excluding carboxylic acids is 1. The summed E-state index contributed by atoms with van der Waals surface area (Å²) in [6.45, 7) is 9.04. The number of hydrogen-bond donors (Lipinski definition) is 0. The third-order valence-corrected chi connectivity index (χ3v) is 6.76. The summed E-state index contributed by atoms with van der Waals surface area (Å²) < 4.78 is 2.10. The molecule has 30 heavy (non-hydrogen) atoms. The van der Waals surface area contributed by atoms with Gasteiger partial charge in [-0.15, -0.1) is 10.2 Å². The quantitative estimate of drug-likeness (QED) is 0.404. The molecule has 0 aliphatic carbocycles. The number of benzene rings is 2. The van der Waals surface area contributed by atoms with Gasteiger partial charge in [-0.05, 0) is 76.0 Å². The normalized spacial score (nSPS) is 15.4. The molecular formula is C24H28N4OS. The summed E-state index contributed by atoms with van der Waals surface area (Å²) >= 11 is 1.48. The highest BCUT2D eigenvalue weighted by Crippen LogP contribution is 2.28. The predicted octanol–water partition coefficient (Wildman–Crippen LogP) is 4.84. The van der Waals surface area contributed by atoms with Crippen LogP contribution in [0, 0.1) is 13.8 Å². The van der Waals surface area contributed by atoms with Gasteiger partial charge < -0.3 is 0 Å². The standard InChI is InChI=1S/C24H28N4OS/c1-17-11-12-20(15-18(17)2)23(29)19(3)30-24-26-25-22(16-27-13-7-8-14-27)28(24)21-9-5-4-6-10-21/h4-6,9-12,15,19H,7-8,13-14,16H2,1-3H3. The van der Waals surface area contributed by atoms with Crippen molar-refractivity contribution in [3.8, 4) is 5.69 Å². The van der Waals surface area contributed by atoms with Crippen LogP contribution >= 0.6 is 11.8 Å². The van der Waals surface area contributed by atoms with E-state index in [1.807, 2.05) is 50.2 Å². The molecule has 1 fully saturated rings. The zero-order valence-electron chi connectivity index (χ0n) is 17.8. The molecule has 1 atom stereocenters. The van der Waals surface area contributed by atoms with Gasteiger partial charge in [0.15, 0.2) is 16.8 Å². The molecule has 0 radical (unpaired) electrons. The first kappa shape index (κ1) is 20.8. The molecule has 6 heteroatoms. The van der Waals surface area contributed by atoms with E-state index in [2.05, 4.69) is 38.7 Å². The van der Waals surface area contributed by atoms with E-state index in [9.17, 15) is 4.79 Å². The molecule has 1 aliphatic rings. The topological polar surface area (TPSA) is 51.0 Å². The number of aromatic nitrogens is 3. The van der Waals surface area contributed by atoms with E-state index in [0.717, 1.165) is 47.4 Å². The number of aryl methyl sites for hydroxylation is 2. The number of ketones is 1. The fourth-order valence-corrected chi connectivity index (χ4v) is 4.76. The Labute approximate surface area is 182 Å². The van der Waals surface area contributed by atoms with Crippen molar-refractivity contribution in [3.05, 3.63) is 71.0 Å². The van der Waals surface area contributed by atoms with Crippen LogP contribution < -0.4 is 0 Å². The van der Waals surface area contributed by atoms with E-state index in [-0.39, 0.29) is 11.0 Å². The van der Waals surface area contributed by atoms with Crippen molar-refractivity contribution in [1.82, 2.24) is 19.7 Å². The van der Waals surface area contributed by atoms with Crippen LogP contribution in [0.15, 0.2) is 53.7 Å². The molecule has 2 heterocycles. The molecule has 0 bridgehead atoms. The average molecular weight is 421 g/mol. The van der Waals surface area contributed by atoms with Gasteiger partial charge in [-0.25, -0.2) is 0 Å². The molecule has 0 saturated carbocycles. The highest BCUT2D eigenvalue weighted by atomic mass is 32.2. The Morgan fingerprint density at radius 2 is 1.77 bits per heavy atom. The van der Waals surface area contributed by atoms with E-state index in [4.69, 9.17) is 0 Å². The minimum Gasteiger partial charge on any atom is -0.296 e. The Morgan fingerprint density at radius 3 is 2.47 bits per heavy atom. The Hall–Kier alpha value is -2.44. The van der Waals surface area contributed by atoms with Crippen molar-refractivity contribution in [2.75, 3.05) is 13.1 Å². The van der Waals surface area contributed by atoms with Crippen molar-refractivity contribution in [2.45, 2.75) is 50.6 Å². The molecule has 1 aliphatic heterocycles. The van der Waals surface area contributed by atoms with Crippen LogP contribution in [-0.2, 0) is 6.54 Å². The zero-order valence-corrected chi connectivity index (χ0v) is 18.7. The molecule has 2 aromatic carbocycles. The van der Waals surface area contributed by atoms with Crippen molar-refractivity contribution in [3.63, 3.8) is 0 Å². The lowest BCUT2D eigenvalue weighted by Gasteiger charge is -2.17. The average Bonchev–Trinajstić information content (AvgIpc) is 3.40. The lowest BCUT2D eigenvalue weighted by atomic mass is 10.0. The smallest absolute Gasteiger partial charge is 0.196 e. The van der Waals surface area contributed by atoms with Crippen LogP contribution in [0.3, 0.4) is 0 Å². The number of para-hydroxylation sites is 1. The Bertz CT molecular complexity index is 1020. The first-order valence-electron chi connectivity index (χ1n) is 10.5. The van der Waals surface area contributed by atoms with E-state index >= 15 is 0 Å². The van der Waals surface area contributed by atoms with Crippen molar-refractivity contribution in [1.29, 1.82) is 0 Å². The van der Waals surface area contributed by atoms with Crippen molar-refractivity contribution >= 4 is 17.5 Å². The Balaban J connectivity index is 1.60.